The Kier molecular flexibility index (Phi) is 5.85. The first-order chi connectivity index (χ1) is 16.2. The summed E-state index contributed by atoms with van der Waals surface area (Å²) in [5.41, 5.74) is 5.05. The van der Waals surface area contributed by atoms with Gasteiger partial charge in [-0.05, 0) is 34.9 Å². The maximum Gasteiger partial charge on any atom is 0.243 e. The van der Waals surface area contributed by atoms with Gasteiger partial charge in [0.05, 0.1) is 17.4 Å². The van der Waals surface area contributed by atoms with Crippen LogP contribution in [0.3, 0.4) is 0 Å². The van der Waals surface area contributed by atoms with Crippen LogP contribution in [0.5, 0.6) is 0 Å². The lowest BCUT2D eigenvalue weighted by Crippen LogP contribution is -2.58. The maximum absolute atomic E-state index is 13.1. The number of imidazole rings is 1. The second-order valence-corrected chi connectivity index (χ2v) is 8.21. The van der Waals surface area contributed by atoms with Crippen LogP contribution in [0.4, 0.5) is 0 Å². The van der Waals surface area contributed by atoms with E-state index in [1.807, 2.05) is 71.4 Å². The molecule has 2 aromatic heterocycles. The number of carbonyl (C=O) groups excluding carboxylic acids is 2. The number of fused-ring (bicyclic) bond motifs is 1. The summed E-state index contributed by atoms with van der Waals surface area (Å²) >= 11 is 0. The zero-order chi connectivity index (χ0) is 22.6. The minimum atomic E-state index is -0.505. The van der Waals surface area contributed by atoms with Crippen molar-refractivity contribution in [1.29, 1.82) is 0 Å². The van der Waals surface area contributed by atoms with Crippen LogP contribution in [0.15, 0.2) is 79.4 Å². The second kappa shape index (κ2) is 9.24. The first-order valence-corrected chi connectivity index (χ1v) is 11.2. The van der Waals surface area contributed by atoms with E-state index < -0.39 is 6.04 Å². The molecule has 0 unspecified atom stereocenters. The van der Waals surface area contributed by atoms with E-state index in [-0.39, 0.29) is 11.8 Å². The van der Waals surface area contributed by atoms with Crippen LogP contribution in [0, 0.1) is 0 Å². The van der Waals surface area contributed by atoms with Gasteiger partial charge in [-0.1, -0.05) is 42.5 Å². The lowest BCUT2D eigenvalue weighted by atomic mass is 9.99. The molecule has 33 heavy (non-hydrogen) atoms. The van der Waals surface area contributed by atoms with E-state index in [0.29, 0.717) is 32.5 Å². The highest BCUT2D eigenvalue weighted by molar-refractivity contribution is 5.89. The molecule has 2 amide bonds. The predicted molar refractivity (Wildman–Crippen MR) is 126 cm³/mol. The summed E-state index contributed by atoms with van der Waals surface area (Å²) in [6, 6.07) is 19.4. The number of nitrogens with zero attached hydrogens (tertiary/aromatic N) is 4. The fourth-order valence-corrected chi connectivity index (χ4v) is 4.35. The van der Waals surface area contributed by atoms with Gasteiger partial charge in [0.25, 0.3) is 0 Å². The number of benzene rings is 2. The molecule has 2 aromatic carbocycles. The predicted octanol–water partition coefficient (Wildman–Crippen LogP) is 3.06. The minimum Gasteiger partial charge on any atom is -0.353 e. The first kappa shape index (κ1) is 20.9. The Labute approximate surface area is 192 Å². The SMILES string of the molecule is O=C1NCCN(C(=O)CCn2cnc3ccccc32)[C@@H]1Cc1ccc(-c2cccnc2)cc1. The molecular formula is C26H25N5O2. The summed E-state index contributed by atoms with van der Waals surface area (Å²) in [6.45, 7) is 1.53. The van der Waals surface area contributed by atoms with Gasteiger partial charge in [0.1, 0.15) is 6.04 Å². The lowest BCUT2D eigenvalue weighted by Gasteiger charge is -2.35. The fourth-order valence-electron chi connectivity index (χ4n) is 4.35. The number of nitrogens with one attached hydrogen (secondary N) is 1. The summed E-state index contributed by atoms with van der Waals surface area (Å²) in [5.74, 6) is -0.112. The van der Waals surface area contributed by atoms with E-state index in [9.17, 15) is 9.59 Å². The van der Waals surface area contributed by atoms with Crippen LogP contribution in [0.2, 0.25) is 0 Å². The molecule has 0 spiro atoms. The van der Waals surface area contributed by atoms with Crippen molar-refractivity contribution >= 4 is 22.8 Å². The number of hydrogen-bond acceptors (Lipinski definition) is 4. The smallest absolute Gasteiger partial charge is 0.243 e. The zero-order valence-electron chi connectivity index (χ0n) is 18.2. The van der Waals surface area contributed by atoms with Gasteiger partial charge in [-0.2, -0.15) is 0 Å². The van der Waals surface area contributed by atoms with E-state index in [2.05, 4.69) is 15.3 Å². The van der Waals surface area contributed by atoms with Gasteiger partial charge in [0, 0.05) is 44.9 Å². The molecular weight excluding hydrogens is 414 g/mol. The van der Waals surface area contributed by atoms with Crippen molar-refractivity contribution in [3.63, 3.8) is 0 Å². The summed E-state index contributed by atoms with van der Waals surface area (Å²) in [7, 11) is 0. The van der Waals surface area contributed by atoms with Crippen molar-refractivity contribution in [3.8, 4) is 11.1 Å². The van der Waals surface area contributed by atoms with Crippen LogP contribution in [-0.4, -0.2) is 50.4 Å². The molecule has 0 bridgehead atoms. The Morgan fingerprint density at radius 1 is 1.03 bits per heavy atom. The second-order valence-electron chi connectivity index (χ2n) is 8.21. The van der Waals surface area contributed by atoms with Crippen LogP contribution >= 0.6 is 0 Å². The molecule has 7 heteroatoms. The Morgan fingerprint density at radius 3 is 2.70 bits per heavy atom. The van der Waals surface area contributed by atoms with Crippen molar-refractivity contribution < 1.29 is 9.59 Å². The third-order valence-corrected chi connectivity index (χ3v) is 6.12. The van der Waals surface area contributed by atoms with E-state index in [4.69, 9.17) is 0 Å². The van der Waals surface area contributed by atoms with Gasteiger partial charge in [-0.3, -0.25) is 14.6 Å². The molecule has 1 aliphatic rings. The van der Waals surface area contributed by atoms with Gasteiger partial charge in [0.15, 0.2) is 0 Å². The number of aryl methyl sites for hydroxylation is 1. The fraction of sp³-hybridized carbons (Fsp3) is 0.231. The van der Waals surface area contributed by atoms with Crippen molar-refractivity contribution in [3.05, 3.63) is 84.9 Å². The van der Waals surface area contributed by atoms with Gasteiger partial charge in [0.2, 0.25) is 11.8 Å². The summed E-state index contributed by atoms with van der Waals surface area (Å²) in [6.07, 6.45) is 6.15. The van der Waals surface area contributed by atoms with E-state index >= 15 is 0 Å². The molecule has 1 aliphatic heterocycles. The number of piperazine rings is 1. The number of amides is 2. The topological polar surface area (TPSA) is 80.1 Å². The van der Waals surface area contributed by atoms with Crippen molar-refractivity contribution in [1.82, 2.24) is 24.8 Å². The van der Waals surface area contributed by atoms with Crippen molar-refractivity contribution in [2.45, 2.75) is 25.4 Å². The molecule has 3 heterocycles. The molecule has 1 atom stereocenters. The lowest BCUT2D eigenvalue weighted by molar-refractivity contribution is -0.143. The summed E-state index contributed by atoms with van der Waals surface area (Å²) in [5, 5.41) is 2.91. The third kappa shape index (κ3) is 4.48. The van der Waals surface area contributed by atoms with Crippen LogP contribution < -0.4 is 5.32 Å². The minimum absolute atomic E-state index is 0.0142. The molecule has 4 aromatic rings. The normalized spacial score (nSPS) is 16.1. The zero-order valence-corrected chi connectivity index (χ0v) is 18.2. The number of para-hydroxylation sites is 2. The van der Waals surface area contributed by atoms with E-state index in [1.54, 1.807) is 17.4 Å². The molecule has 5 rings (SSSR count). The number of aromatic nitrogens is 3. The van der Waals surface area contributed by atoms with E-state index in [1.165, 1.54) is 0 Å². The Balaban J connectivity index is 1.27. The third-order valence-electron chi connectivity index (χ3n) is 6.12. The summed E-state index contributed by atoms with van der Waals surface area (Å²) < 4.78 is 1.99. The average molecular weight is 440 g/mol. The van der Waals surface area contributed by atoms with Crippen molar-refractivity contribution in [2.75, 3.05) is 13.1 Å². The monoisotopic (exact) mass is 439 g/mol. The van der Waals surface area contributed by atoms with Gasteiger partial charge in [-0.15, -0.1) is 0 Å². The largest absolute Gasteiger partial charge is 0.353 e. The molecule has 7 nitrogen and oxygen atoms in total. The van der Waals surface area contributed by atoms with E-state index in [0.717, 1.165) is 27.7 Å². The number of pyridine rings is 1. The highest BCUT2D eigenvalue weighted by Crippen LogP contribution is 2.21. The highest BCUT2D eigenvalue weighted by atomic mass is 16.2. The summed E-state index contributed by atoms with van der Waals surface area (Å²) in [4.78, 5) is 36.1. The van der Waals surface area contributed by atoms with Gasteiger partial charge in [-0.25, -0.2) is 4.98 Å². The molecule has 1 saturated heterocycles. The molecule has 1 N–H and O–H groups in total. The van der Waals surface area contributed by atoms with Gasteiger partial charge >= 0.3 is 0 Å². The first-order valence-electron chi connectivity index (χ1n) is 11.2. The Bertz CT molecular complexity index is 1270. The quantitative estimate of drug-likeness (QED) is 0.501. The van der Waals surface area contributed by atoms with Gasteiger partial charge < -0.3 is 14.8 Å². The highest BCUT2D eigenvalue weighted by Gasteiger charge is 2.32. The number of hydrogen-bond donors (Lipinski definition) is 1. The van der Waals surface area contributed by atoms with Crippen LogP contribution in [-0.2, 0) is 22.6 Å². The molecule has 0 aliphatic carbocycles. The number of rotatable bonds is 6. The standard InChI is InChI=1S/C26H25N5O2/c32-25(11-14-30-18-29-22-5-1-2-6-23(22)30)31-15-13-28-26(33)24(31)16-19-7-9-20(10-8-19)21-4-3-12-27-17-21/h1-10,12,17-18,24H,11,13-16H2,(H,28,33)/t24-/m1/s1. The number of carbonyl (C=O) groups is 2. The average Bonchev–Trinajstić information content (AvgIpc) is 3.28. The Hall–Kier alpha value is -4.00. The Morgan fingerprint density at radius 2 is 1.88 bits per heavy atom. The molecule has 1 fully saturated rings. The molecule has 166 valence electrons. The van der Waals surface area contributed by atoms with Crippen LogP contribution in [0.25, 0.3) is 22.2 Å². The van der Waals surface area contributed by atoms with Crippen molar-refractivity contribution in [2.24, 2.45) is 0 Å². The molecule has 0 saturated carbocycles. The molecule has 0 radical (unpaired) electrons. The van der Waals surface area contributed by atoms with Crippen LogP contribution in [0.1, 0.15) is 12.0 Å². The maximum atomic E-state index is 13.1.